The number of carbonyl (C=O) groups excluding carboxylic acids is 1. The van der Waals surface area contributed by atoms with E-state index < -0.39 is 6.10 Å². The minimum Gasteiger partial charge on any atom is -0.467 e. The van der Waals surface area contributed by atoms with Gasteiger partial charge in [-0.3, -0.25) is 9.80 Å². The Morgan fingerprint density at radius 1 is 1.11 bits per heavy atom. The Hall–Kier alpha value is -3.38. The number of furan rings is 1. The van der Waals surface area contributed by atoms with Crippen LogP contribution in [0.4, 0.5) is 5.69 Å². The fraction of sp³-hybridized carbons (Fsp3) is 0.182. The summed E-state index contributed by atoms with van der Waals surface area (Å²) in [4.78, 5) is 12.7. The minimum absolute atomic E-state index is 0.0562. The van der Waals surface area contributed by atoms with Crippen LogP contribution in [0.1, 0.15) is 29.9 Å². The molecule has 1 aliphatic heterocycles. The number of anilines is 1. The van der Waals surface area contributed by atoms with E-state index in [1.165, 1.54) is 6.26 Å². The number of rotatable bonds is 6. The lowest BCUT2D eigenvalue weighted by molar-refractivity contribution is -0.115. The predicted molar refractivity (Wildman–Crippen MR) is 107 cm³/mol. The highest BCUT2D eigenvalue weighted by Gasteiger charge is 2.32. The molecule has 2 aromatic carbocycles. The second kappa shape index (κ2) is 8.10. The molecule has 142 valence electrons. The van der Waals surface area contributed by atoms with Crippen LogP contribution < -0.4 is 10.3 Å². The Morgan fingerprint density at radius 2 is 1.82 bits per heavy atom. The fourth-order valence-electron chi connectivity index (χ4n) is 3.27. The largest absolute Gasteiger partial charge is 0.467 e. The molecule has 2 N–H and O–H groups in total. The van der Waals surface area contributed by atoms with E-state index in [2.05, 4.69) is 10.4 Å². The normalized spacial score (nSPS) is 17.2. The topological polar surface area (TPSA) is 78.1 Å². The summed E-state index contributed by atoms with van der Waals surface area (Å²) in [5.41, 5.74) is 2.45. The summed E-state index contributed by atoms with van der Waals surface area (Å²) >= 11 is 0. The first kappa shape index (κ1) is 18.0. The number of hydrogen-bond acceptors (Lipinski definition) is 5. The predicted octanol–water partition coefficient (Wildman–Crippen LogP) is 3.44. The lowest BCUT2D eigenvalue weighted by Gasteiger charge is -2.23. The van der Waals surface area contributed by atoms with Crippen molar-refractivity contribution < 1.29 is 14.3 Å². The molecule has 1 aromatic heterocycles. The van der Waals surface area contributed by atoms with Crippen LogP contribution in [-0.4, -0.2) is 23.3 Å². The first-order valence-corrected chi connectivity index (χ1v) is 9.19. The first-order valence-electron chi connectivity index (χ1n) is 9.19. The van der Waals surface area contributed by atoms with Crippen molar-refractivity contribution >= 4 is 17.3 Å². The maximum Gasteiger partial charge on any atom is 0.267 e. The van der Waals surface area contributed by atoms with Crippen LogP contribution in [-0.2, 0) is 4.79 Å². The number of carbonyl (C=O) groups is 1. The van der Waals surface area contributed by atoms with Gasteiger partial charge >= 0.3 is 0 Å². The SMILES string of the molecule is O=C(NCC(O)c1ccco1)C1=NN(c2ccccc2)C(c2ccccc2)C1. The summed E-state index contributed by atoms with van der Waals surface area (Å²) in [6, 6.07) is 23.1. The van der Waals surface area contributed by atoms with E-state index in [4.69, 9.17) is 4.42 Å². The molecule has 0 spiro atoms. The molecular formula is C22H21N3O3. The number of nitrogens with one attached hydrogen (secondary N) is 1. The average Bonchev–Trinajstić information content (AvgIpc) is 3.43. The number of para-hydroxylation sites is 1. The highest BCUT2D eigenvalue weighted by Crippen LogP contribution is 2.35. The molecular weight excluding hydrogens is 354 g/mol. The van der Waals surface area contributed by atoms with Crippen molar-refractivity contribution in [1.29, 1.82) is 0 Å². The molecule has 2 unspecified atom stereocenters. The highest BCUT2D eigenvalue weighted by molar-refractivity contribution is 6.39. The van der Waals surface area contributed by atoms with Gasteiger partial charge in [-0.1, -0.05) is 48.5 Å². The molecule has 1 amide bonds. The second-order valence-electron chi connectivity index (χ2n) is 6.60. The first-order chi connectivity index (χ1) is 13.7. The van der Waals surface area contributed by atoms with Crippen LogP contribution >= 0.6 is 0 Å². The molecule has 4 rings (SSSR count). The number of benzene rings is 2. The molecule has 0 radical (unpaired) electrons. The van der Waals surface area contributed by atoms with Gasteiger partial charge in [0.15, 0.2) is 0 Å². The number of hydrazone groups is 1. The summed E-state index contributed by atoms with van der Waals surface area (Å²) < 4.78 is 5.16. The van der Waals surface area contributed by atoms with Gasteiger partial charge in [0.05, 0.1) is 24.5 Å². The molecule has 0 aliphatic carbocycles. The lowest BCUT2D eigenvalue weighted by atomic mass is 10.0. The molecule has 0 bridgehead atoms. The minimum atomic E-state index is -0.893. The molecule has 3 aromatic rings. The van der Waals surface area contributed by atoms with Gasteiger partial charge in [-0.05, 0) is 29.8 Å². The Bertz CT molecular complexity index is 940. The average molecular weight is 375 g/mol. The van der Waals surface area contributed by atoms with E-state index in [1.54, 1.807) is 12.1 Å². The third-order valence-electron chi connectivity index (χ3n) is 4.71. The Morgan fingerprint density at radius 3 is 2.50 bits per heavy atom. The zero-order valence-electron chi connectivity index (χ0n) is 15.2. The molecule has 1 aliphatic rings. The fourth-order valence-corrected chi connectivity index (χ4v) is 3.27. The summed E-state index contributed by atoms with van der Waals surface area (Å²) in [5, 5.41) is 19.3. The molecule has 0 fully saturated rings. The zero-order valence-corrected chi connectivity index (χ0v) is 15.2. The molecule has 0 saturated carbocycles. The van der Waals surface area contributed by atoms with Crippen LogP contribution in [0, 0.1) is 0 Å². The van der Waals surface area contributed by atoms with Gasteiger partial charge in [0.1, 0.15) is 17.6 Å². The number of aliphatic hydroxyl groups excluding tert-OH is 1. The van der Waals surface area contributed by atoms with Crippen molar-refractivity contribution in [2.24, 2.45) is 5.10 Å². The van der Waals surface area contributed by atoms with Crippen molar-refractivity contribution in [2.45, 2.75) is 18.6 Å². The smallest absolute Gasteiger partial charge is 0.267 e. The monoisotopic (exact) mass is 375 g/mol. The van der Waals surface area contributed by atoms with Crippen molar-refractivity contribution in [3.05, 3.63) is 90.4 Å². The summed E-state index contributed by atoms with van der Waals surface area (Å²) in [6.45, 7) is 0.0622. The number of amides is 1. The lowest BCUT2D eigenvalue weighted by Crippen LogP contribution is -2.33. The maximum atomic E-state index is 12.7. The third-order valence-corrected chi connectivity index (χ3v) is 4.71. The maximum absolute atomic E-state index is 12.7. The Kier molecular flexibility index (Phi) is 5.21. The Balaban J connectivity index is 1.51. The molecule has 6 nitrogen and oxygen atoms in total. The van der Waals surface area contributed by atoms with E-state index in [1.807, 2.05) is 65.7 Å². The molecule has 2 atom stereocenters. The van der Waals surface area contributed by atoms with Crippen LogP contribution in [0.5, 0.6) is 0 Å². The van der Waals surface area contributed by atoms with Crippen molar-refractivity contribution in [3.8, 4) is 0 Å². The number of nitrogens with zero attached hydrogens (tertiary/aromatic N) is 2. The molecule has 28 heavy (non-hydrogen) atoms. The van der Waals surface area contributed by atoms with Gasteiger partial charge in [0, 0.05) is 6.42 Å². The van der Waals surface area contributed by atoms with Crippen LogP contribution in [0.3, 0.4) is 0 Å². The van der Waals surface area contributed by atoms with E-state index >= 15 is 0 Å². The van der Waals surface area contributed by atoms with E-state index in [0.717, 1.165) is 11.3 Å². The number of aliphatic hydroxyl groups is 1. The van der Waals surface area contributed by atoms with Gasteiger partial charge in [-0.2, -0.15) is 5.10 Å². The van der Waals surface area contributed by atoms with Crippen molar-refractivity contribution in [3.63, 3.8) is 0 Å². The Labute approximate surface area is 163 Å². The highest BCUT2D eigenvalue weighted by atomic mass is 16.4. The van der Waals surface area contributed by atoms with Crippen LogP contribution in [0.2, 0.25) is 0 Å². The van der Waals surface area contributed by atoms with E-state index in [-0.39, 0.29) is 18.5 Å². The summed E-state index contributed by atoms with van der Waals surface area (Å²) in [5.74, 6) is 0.131. The van der Waals surface area contributed by atoms with Crippen molar-refractivity contribution in [2.75, 3.05) is 11.6 Å². The van der Waals surface area contributed by atoms with E-state index in [0.29, 0.717) is 17.9 Å². The van der Waals surface area contributed by atoms with Crippen LogP contribution in [0.15, 0.2) is 88.6 Å². The quantitative estimate of drug-likeness (QED) is 0.692. The van der Waals surface area contributed by atoms with Crippen LogP contribution in [0.25, 0.3) is 0 Å². The second-order valence-corrected chi connectivity index (χ2v) is 6.60. The molecule has 0 saturated heterocycles. The van der Waals surface area contributed by atoms with Crippen molar-refractivity contribution in [1.82, 2.24) is 5.32 Å². The van der Waals surface area contributed by atoms with Gasteiger partial charge in [-0.15, -0.1) is 0 Å². The molecule has 6 heteroatoms. The third kappa shape index (κ3) is 3.82. The molecule has 2 heterocycles. The van der Waals surface area contributed by atoms with Gasteiger partial charge in [0.2, 0.25) is 0 Å². The van der Waals surface area contributed by atoms with Gasteiger partial charge in [0.25, 0.3) is 5.91 Å². The van der Waals surface area contributed by atoms with Gasteiger partial charge in [-0.25, -0.2) is 0 Å². The zero-order chi connectivity index (χ0) is 19.3. The summed E-state index contributed by atoms with van der Waals surface area (Å²) in [7, 11) is 0. The standard InChI is InChI=1S/C22H21N3O3/c26-20(21-12-7-13-28-21)15-23-22(27)18-14-19(16-8-3-1-4-9-16)25(24-18)17-10-5-2-6-11-17/h1-13,19-20,26H,14-15H2,(H,23,27). The summed E-state index contributed by atoms with van der Waals surface area (Å²) in [6.07, 6.45) is 1.08. The van der Waals surface area contributed by atoms with E-state index in [9.17, 15) is 9.90 Å². The van der Waals surface area contributed by atoms with Gasteiger partial charge < -0.3 is 14.8 Å². The number of hydrogen-bond donors (Lipinski definition) is 2.